The lowest BCUT2D eigenvalue weighted by Gasteiger charge is -2.38. The number of carbonyl (C=O) groups is 5. The number of halogens is 3. The van der Waals surface area contributed by atoms with Gasteiger partial charge in [0.05, 0.1) is 6.54 Å². The molecule has 3 fully saturated rings. The number of amides is 6. The van der Waals surface area contributed by atoms with E-state index in [0.717, 1.165) is 0 Å². The molecule has 1 aliphatic carbocycles. The summed E-state index contributed by atoms with van der Waals surface area (Å²) in [5, 5.41) is 6.89. The Morgan fingerprint density at radius 1 is 1.17 bits per heavy atom. The molecule has 1 saturated carbocycles. The van der Waals surface area contributed by atoms with Crippen LogP contribution in [0.4, 0.5) is 18.0 Å². The minimum absolute atomic E-state index is 0.0903. The van der Waals surface area contributed by atoms with Crippen LogP contribution in [0, 0.1) is 22.7 Å². The quantitative estimate of drug-likeness (QED) is 0.360. The molecule has 3 rings (SSSR count). The highest BCUT2D eigenvalue weighted by molar-refractivity contribution is 5.96. The van der Waals surface area contributed by atoms with Crippen molar-refractivity contribution in [1.29, 1.82) is 0 Å². The third-order valence-corrected chi connectivity index (χ3v) is 7.41. The summed E-state index contributed by atoms with van der Waals surface area (Å²) in [6.45, 7) is 8.98. The molecule has 0 aromatic rings. The monoisotopic (exact) mass is 518 g/mol. The van der Waals surface area contributed by atoms with E-state index < -0.39 is 59.4 Å². The second kappa shape index (κ2) is 9.11. The van der Waals surface area contributed by atoms with E-state index in [4.69, 9.17) is 5.73 Å². The molecule has 0 radical (unpaired) electrons. The maximum Gasteiger partial charge on any atom is 0.471 e. The van der Waals surface area contributed by atoms with Crippen LogP contribution >= 0.6 is 0 Å². The van der Waals surface area contributed by atoms with Crippen LogP contribution in [0.15, 0.2) is 0 Å². The van der Waals surface area contributed by atoms with E-state index in [1.807, 2.05) is 13.8 Å². The minimum atomic E-state index is -5.19. The van der Waals surface area contributed by atoms with Crippen molar-refractivity contribution in [3.63, 3.8) is 0 Å². The molecule has 0 bridgehead atoms. The van der Waals surface area contributed by atoms with Gasteiger partial charge in [0.1, 0.15) is 18.1 Å². The van der Waals surface area contributed by atoms with Crippen molar-refractivity contribution in [1.82, 2.24) is 25.8 Å². The van der Waals surface area contributed by atoms with E-state index in [0.29, 0.717) is 13.1 Å². The Morgan fingerprint density at radius 2 is 1.78 bits per heavy atom. The number of piperidine rings is 1. The van der Waals surface area contributed by atoms with Crippen molar-refractivity contribution < 1.29 is 37.1 Å². The first-order valence-corrected chi connectivity index (χ1v) is 11.7. The van der Waals surface area contributed by atoms with Crippen molar-refractivity contribution in [2.45, 2.75) is 58.9 Å². The molecule has 0 aromatic heterocycles. The maximum absolute atomic E-state index is 13.5. The van der Waals surface area contributed by atoms with Crippen LogP contribution in [0.25, 0.3) is 0 Å². The highest BCUT2D eigenvalue weighted by atomic mass is 19.4. The molecule has 0 spiro atoms. The molecule has 2 saturated heterocycles. The molecule has 0 aromatic carbocycles. The van der Waals surface area contributed by atoms with Gasteiger partial charge in [-0.2, -0.15) is 13.2 Å². The van der Waals surface area contributed by atoms with Gasteiger partial charge in [0, 0.05) is 19.6 Å². The molecule has 3 aliphatic rings. The fourth-order valence-corrected chi connectivity index (χ4v) is 5.21. The van der Waals surface area contributed by atoms with E-state index in [-0.39, 0.29) is 30.3 Å². The fraction of sp³-hybridized carbons (Fsp3) is 0.773. The number of fused-ring (bicyclic) bond motifs is 1. The van der Waals surface area contributed by atoms with Crippen LogP contribution in [-0.2, 0) is 19.2 Å². The van der Waals surface area contributed by atoms with E-state index in [9.17, 15) is 37.1 Å². The summed E-state index contributed by atoms with van der Waals surface area (Å²) in [5.74, 6) is -5.04. The van der Waals surface area contributed by atoms with Gasteiger partial charge in [-0.15, -0.1) is 0 Å². The summed E-state index contributed by atoms with van der Waals surface area (Å²) in [6, 6.07) is -4.28. The molecule has 2 heterocycles. The zero-order valence-electron chi connectivity index (χ0n) is 20.9. The van der Waals surface area contributed by atoms with Gasteiger partial charge < -0.3 is 31.5 Å². The predicted octanol–water partition coefficient (Wildman–Crippen LogP) is -0.442. The molecule has 14 heteroatoms. The normalized spacial score (nSPS) is 26.6. The van der Waals surface area contributed by atoms with Crippen LogP contribution in [0.5, 0.6) is 0 Å². The van der Waals surface area contributed by atoms with Crippen molar-refractivity contribution in [2.75, 3.05) is 26.2 Å². The summed E-state index contributed by atoms with van der Waals surface area (Å²) in [4.78, 5) is 65.0. The number of nitrogens with one attached hydrogen (secondary N) is 3. The lowest BCUT2D eigenvalue weighted by Crippen LogP contribution is -2.62. The van der Waals surface area contributed by atoms with Crippen LogP contribution in [0.3, 0.4) is 0 Å². The van der Waals surface area contributed by atoms with E-state index in [1.165, 1.54) is 30.6 Å². The molecular formula is C22H33F3N6O5. The number of nitrogens with two attached hydrogens (primary N) is 1. The van der Waals surface area contributed by atoms with Gasteiger partial charge in [-0.1, -0.05) is 34.6 Å². The highest BCUT2D eigenvalue weighted by Crippen LogP contribution is 2.65. The molecule has 5 atom stereocenters. The Bertz CT molecular complexity index is 963. The highest BCUT2D eigenvalue weighted by Gasteiger charge is 2.70. The van der Waals surface area contributed by atoms with Gasteiger partial charge in [0.2, 0.25) is 17.7 Å². The number of carbonyl (C=O) groups excluding carboxylic acids is 5. The number of hydrogen-bond acceptors (Lipinski definition) is 5. The summed E-state index contributed by atoms with van der Waals surface area (Å²) < 4.78 is 38.9. The van der Waals surface area contributed by atoms with Gasteiger partial charge in [-0.25, -0.2) is 4.79 Å². The zero-order chi connectivity index (χ0) is 27.4. The average Bonchev–Trinajstić information content (AvgIpc) is 3.09. The molecule has 5 N–H and O–H groups in total. The number of urea groups is 1. The van der Waals surface area contributed by atoms with Gasteiger partial charge in [0.15, 0.2) is 0 Å². The topological polar surface area (TPSA) is 154 Å². The number of nitrogens with zero attached hydrogens (tertiary/aromatic N) is 2. The van der Waals surface area contributed by atoms with Crippen molar-refractivity contribution >= 4 is 29.7 Å². The van der Waals surface area contributed by atoms with Crippen LogP contribution in [0.1, 0.15) is 34.6 Å². The predicted molar refractivity (Wildman–Crippen MR) is 120 cm³/mol. The van der Waals surface area contributed by atoms with Crippen LogP contribution < -0.4 is 21.7 Å². The van der Waals surface area contributed by atoms with Gasteiger partial charge >= 0.3 is 18.1 Å². The van der Waals surface area contributed by atoms with E-state index in [1.54, 1.807) is 5.32 Å². The van der Waals surface area contributed by atoms with Gasteiger partial charge in [-0.05, 0) is 22.7 Å². The minimum Gasteiger partial charge on any atom is -0.368 e. The molecule has 202 valence electrons. The Morgan fingerprint density at radius 3 is 2.25 bits per heavy atom. The molecular weight excluding hydrogens is 485 g/mol. The smallest absolute Gasteiger partial charge is 0.368 e. The fourth-order valence-electron chi connectivity index (χ4n) is 5.21. The number of rotatable bonds is 7. The molecule has 6 amide bonds. The first kappa shape index (κ1) is 27.5. The van der Waals surface area contributed by atoms with E-state index in [2.05, 4.69) is 10.6 Å². The van der Waals surface area contributed by atoms with Crippen LogP contribution in [-0.4, -0.2) is 89.9 Å². The summed E-state index contributed by atoms with van der Waals surface area (Å²) >= 11 is 0. The summed E-state index contributed by atoms with van der Waals surface area (Å²) in [5.41, 5.74) is 4.04. The zero-order valence-corrected chi connectivity index (χ0v) is 20.9. The SMILES string of the molecule is CC(C)(C)[C@H](NC(=O)C(F)(F)F)C(=O)N1C[C@H]2[C@@H]([C@H]1C(=O)N[C@@H](CN1CCNC1=O)C(N)=O)C2(C)C. The first-order chi connectivity index (χ1) is 16.4. The van der Waals surface area contributed by atoms with Crippen molar-refractivity contribution in [3.05, 3.63) is 0 Å². The first-order valence-electron chi connectivity index (χ1n) is 11.7. The number of hydrogen-bond donors (Lipinski definition) is 4. The van der Waals surface area contributed by atoms with Crippen LogP contribution in [0.2, 0.25) is 0 Å². The Kier molecular flexibility index (Phi) is 6.96. The second-order valence-corrected chi connectivity index (χ2v) is 11.3. The Balaban J connectivity index is 1.83. The third kappa shape index (κ3) is 5.21. The standard InChI is InChI=1S/C22H33F3N6O5/c1-20(2,3)14(29-18(35)22(23,24)25)17(34)31-8-10-12(21(10,4)5)13(31)16(33)28-11(15(26)32)9-30-7-6-27-19(30)36/h10-14H,6-9H2,1-5H3,(H2,26,32)(H,27,36)(H,28,33)(H,29,35)/t10-,11-,12-,13-,14+/m0/s1. The van der Waals surface area contributed by atoms with Crippen molar-refractivity contribution in [2.24, 2.45) is 28.4 Å². The maximum atomic E-state index is 13.5. The second-order valence-electron chi connectivity index (χ2n) is 11.3. The third-order valence-electron chi connectivity index (χ3n) is 7.41. The van der Waals surface area contributed by atoms with E-state index >= 15 is 0 Å². The number of primary amides is 1. The van der Waals surface area contributed by atoms with Gasteiger partial charge in [0.25, 0.3) is 0 Å². The Labute approximate surface area is 206 Å². The molecule has 36 heavy (non-hydrogen) atoms. The summed E-state index contributed by atoms with van der Waals surface area (Å²) in [7, 11) is 0. The molecule has 11 nitrogen and oxygen atoms in total. The van der Waals surface area contributed by atoms with Gasteiger partial charge in [-0.3, -0.25) is 19.2 Å². The lowest BCUT2D eigenvalue weighted by molar-refractivity contribution is -0.176. The summed E-state index contributed by atoms with van der Waals surface area (Å²) in [6.07, 6.45) is -5.19. The number of alkyl halides is 3. The Hall–Kier alpha value is -3.06. The molecule has 0 unspecified atom stereocenters. The lowest BCUT2D eigenvalue weighted by atomic mass is 9.85. The van der Waals surface area contributed by atoms with Crippen molar-refractivity contribution in [3.8, 4) is 0 Å². The number of likely N-dealkylation sites (tertiary alicyclic amines) is 1. The largest absolute Gasteiger partial charge is 0.471 e. The average molecular weight is 519 g/mol. The molecule has 2 aliphatic heterocycles.